The van der Waals surface area contributed by atoms with Crippen LogP contribution < -0.4 is 0 Å². The number of hydrogen-bond acceptors (Lipinski definition) is 1. The van der Waals surface area contributed by atoms with Gasteiger partial charge in [0.1, 0.15) is 5.75 Å². The predicted octanol–water partition coefficient (Wildman–Crippen LogP) is 4.14. The SMILES string of the molecule is CCI.Oc1ccc(Cl)c(Cl)c1. The smallest absolute Gasteiger partial charge is 0.117 e. The van der Waals surface area contributed by atoms with Gasteiger partial charge in [-0.1, -0.05) is 52.7 Å². The van der Waals surface area contributed by atoms with Crippen LogP contribution >= 0.6 is 45.8 Å². The van der Waals surface area contributed by atoms with Crippen LogP contribution in [0.3, 0.4) is 0 Å². The molecule has 1 rings (SSSR count). The highest BCUT2D eigenvalue weighted by molar-refractivity contribution is 14.1. The Balaban J connectivity index is 0.000000354. The van der Waals surface area contributed by atoms with E-state index in [1.807, 2.05) is 0 Å². The lowest BCUT2D eigenvalue weighted by molar-refractivity contribution is 0.475. The van der Waals surface area contributed by atoms with Crippen LogP contribution in [-0.2, 0) is 0 Å². The van der Waals surface area contributed by atoms with Crippen LogP contribution in [0.2, 0.25) is 10.0 Å². The maximum atomic E-state index is 8.79. The molecule has 4 heteroatoms. The lowest BCUT2D eigenvalue weighted by atomic mass is 10.3. The van der Waals surface area contributed by atoms with Crippen LogP contribution in [0.15, 0.2) is 18.2 Å². The van der Waals surface area contributed by atoms with Gasteiger partial charge in [-0.3, -0.25) is 0 Å². The summed E-state index contributed by atoms with van der Waals surface area (Å²) >= 11 is 13.3. The maximum Gasteiger partial charge on any atom is 0.117 e. The summed E-state index contributed by atoms with van der Waals surface area (Å²) in [6.45, 7) is 2.11. The molecule has 0 amide bonds. The second-order valence-corrected chi connectivity index (χ2v) is 4.21. The molecule has 1 N–H and O–H groups in total. The van der Waals surface area contributed by atoms with Gasteiger partial charge in [0, 0.05) is 0 Å². The molecule has 1 aromatic carbocycles. The molecular weight excluding hydrogens is 310 g/mol. The number of benzene rings is 1. The highest BCUT2D eigenvalue weighted by atomic mass is 127. The van der Waals surface area contributed by atoms with E-state index in [-0.39, 0.29) is 5.75 Å². The standard InChI is InChI=1S/C6H4Cl2O.C2H5I/c7-5-2-1-4(9)3-6(5)8;1-2-3/h1-3,9H;2H2,1H3. The van der Waals surface area contributed by atoms with E-state index in [0.717, 1.165) is 0 Å². The van der Waals surface area contributed by atoms with Gasteiger partial charge in [-0.2, -0.15) is 0 Å². The van der Waals surface area contributed by atoms with Crippen molar-refractivity contribution in [3.05, 3.63) is 28.2 Å². The Morgan fingerprint density at radius 2 is 1.83 bits per heavy atom. The van der Waals surface area contributed by atoms with Crippen LogP contribution in [0.5, 0.6) is 5.75 Å². The molecule has 0 aromatic heterocycles. The molecule has 0 bridgehead atoms. The van der Waals surface area contributed by atoms with Crippen molar-refractivity contribution in [1.82, 2.24) is 0 Å². The summed E-state index contributed by atoms with van der Waals surface area (Å²) in [5.74, 6) is 0.129. The molecule has 1 nitrogen and oxygen atoms in total. The zero-order valence-corrected chi connectivity index (χ0v) is 10.2. The molecule has 0 aliphatic heterocycles. The van der Waals surface area contributed by atoms with E-state index in [0.29, 0.717) is 10.0 Å². The van der Waals surface area contributed by atoms with Crippen LogP contribution in [0.25, 0.3) is 0 Å². The van der Waals surface area contributed by atoms with Crippen LogP contribution in [0, 0.1) is 0 Å². The van der Waals surface area contributed by atoms with Crippen LogP contribution in [-0.4, -0.2) is 9.53 Å². The summed E-state index contributed by atoms with van der Waals surface area (Å²) in [5.41, 5.74) is 0. The lowest BCUT2D eigenvalue weighted by Crippen LogP contribution is -1.66. The Hall–Kier alpha value is 0.330. The second kappa shape index (κ2) is 6.80. The minimum Gasteiger partial charge on any atom is -0.508 e. The van der Waals surface area contributed by atoms with Crippen LogP contribution in [0.1, 0.15) is 6.92 Å². The largest absolute Gasteiger partial charge is 0.508 e. The first kappa shape index (κ1) is 12.3. The summed E-state index contributed by atoms with van der Waals surface area (Å²) < 4.78 is 1.22. The van der Waals surface area contributed by atoms with Crippen molar-refractivity contribution in [2.75, 3.05) is 4.43 Å². The Kier molecular flexibility index (Phi) is 6.99. The fourth-order valence-corrected chi connectivity index (χ4v) is 0.777. The van der Waals surface area contributed by atoms with Gasteiger partial charge >= 0.3 is 0 Å². The summed E-state index contributed by atoms with van der Waals surface area (Å²) in [6, 6.07) is 4.41. The molecular formula is C8H9Cl2IO. The normalized spacial score (nSPS) is 8.67. The first-order valence-corrected chi connectivity index (χ1v) is 5.60. The molecule has 0 saturated carbocycles. The number of phenolic OH excluding ortho intramolecular Hbond substituents is 1. The summed E-state index contributed by atoms with van der Waals surface area (Å²) in [4.78, 5) is 0. The monoisotopic (exact) mass is 318 g/mol. The minimum absolute atomic E-state index is 0.129. The molecule has 1 aromatic rings. The van der Waals surface area contributed by atoms with E-state index in [1.54, 1.807) is 6.07 Å². The van der Waals surface area contributed by atoms with E-state index in [9.17, 15) is 0 Å². The molecule has 0 aliphatic carbocycles. The van der Waals surface area contributed by atoms with Crippen molar-refractivity contribution in [3.8, 4) is 5.75 Å². The van der Waals surface area contributed by atoms with Crippen molar-refractivity contribution in [2.24, 2.45) is 0 Å². The minimum atomic E-state index is 0.129. The molecule has 12 heavy (non-hydrogen) atoms. The first-order chi connectivity index (χ1) is 5.61. The molecule has 68 valence electrons. The Morgan fingerprint density at radius 1 is 1.33 bits per heavy atom. The van der Waals surface area contributed by atoms with E-state index in [4.69, 9.17) is 28.3 Å². The first-order valence-electron chi connectivity index (χ1n) is 3.31. The molecule has 0 aliphatic rings. The van der Waals surface area contributed by atoms with Crippen molar-refractivity contribution in [3.63, 3.8) is 0 Å². The van der Waals surface area contributed by atoms with Gasteiger partial charge in [0.05, 0.1) is 10.0 Å². The van der Waals surface area contributed by atoms with Gasteiger partial charge in [-0.15, -0.1) is 0 Å². The number of phenols is 1. The summed E-state index contributed by atoms with van der Waals surface area (Å²) in [7, 11) is 0. The fourth-order valence-electron chi connectivity index (χ4n) is 0.485. The number of halogens is 3. The van der Waals surface area contributed by atoms with Crippen molar-refractivity contribution < 1.29 is 5.11 Å². The number of alkyl halides is 1. The number of rotatable bonds is 0. The zero-order chi connectivity index (χ0) is 9.56. The Labute approximate surface area is 95.8 Å². The quantitative estimate of drug-likeness (QED) is 0.563. The summed E-state index contributed by atoms with van der Waals surface area (Å²) in [5, 5.41) is 9.62. The second-order valence-electron chi connectivity index (χ2n) is 1.87. The topological polar surface area (TPSA) is 20.2 Å². The van der Waals surface area contributed by atoms with Crippen molar-refractivity contribution in [1.29, 1.82) is 0 Å². The third-order valence-corrected chi connectivity index (χ3v) is 1.64. The van der Waals surface area contributed by atoms with Gasteiger partial charge in [0.25, 0.3) is 0 Å². The van der Waals surface area contributed by atoms with Gasteiger partial charge in [-0.25, -0.2) is 0 Å². The third kappa shape index (κ3) is 5.06. The highest BCUT2D eigenvalue weighted by Gasteiger charge is 1.95. The number of aromatic hydroxyl groups is 1. The molecule has 0 radical (unpaired) electrons. The molecule has 0 fully saturated rings. The predicted molar refractivity (Wildman–Crippen MR) is 62.7 cm³/mol. The fraction of sp³-hybridized carbons (Fsp3) is 0.250. The van der Waals surface area contributed by atoms with E-state index in [1.165, 1.54) is 16.6 Å². The van der Waals surface area contributed by atoms with Crippen LogP contribution in [0.4, 0.5) is 0 Å². The molecule has 0 unspecified atom stereocenters. The average molecular weight is 319 g/mol. The highest BCUT2D eigenvalue weighted by Crippen LogP contribution is 2.24. The maximum absolute atomic E-state index is 8.79. The molecule has 0 atom stereocenters. The lowest BCUT2D eigenvalue weighted by Gasteiger charge is -1.93. The van der Waals surface area contributed by atoms with Crippen molar-refractivity contribution in [2.45, 2.75) is 6.92 Å². The van der Waals surface area contributed by atoms with E-state index < -0.39 is 0 Å². The molecule has 0 heterocycles. The van der Waals surface area contributed by atoms with Gasteiger partial charge in [0.2, 0.25) is 0 Å². The number of hydrogen-bond donors (Lipinski definition) is 1. The summed E-state index contributed by atoms with van der Waals surface area (Å²) in [6.07, 6.45) is 0. The Bertz CT molecular complexity index is 240. The molecule has 0 spiro atoms. The van der Waals surface area contributed by atoms with E-state index in [2.05, 4.69) is 29.5 Å². The Morgan fingerprint density at radius 3 is 2.17 bits per heavy atom. The van der Waals surface area contributed by atoms with Gasteiger partial charge in [-0.05, 0) is 22.6 Å². The van der Waals surface area contributed by atoms with Crippen molar-refractivity contribution >= 4 is 45.8 Å². The van der Waals surface area contributed by atoms with Gasteiger partial charge < -0.3 is 5.11 Å². The average Bonchev–Trinajstić information content (AvgIpc) is 1.99. The van der Waals surface area contributed by atoms with E-state index >= 15 is 0 Å². The zero-order valence-electron chi connectivity index (χ0n) is 6.52. The third-order valence-electron chi connectivity index (χ3n) is 0.903. The van der Waals surface area contributed by atoms with Gasteiger partial charge in [0.15, 0.2) is 0 Å². The molecule has 0 saturated heterocycles.